The van der Waals surface area contributed by atoms with Gasteiger partial charge in [-0.05, 0) is 17.9 Å². The Labute approximate surface area is 89.9 Å². The van der Waals surface area contributed by atoms with Gasteiger partial charge in [0.05, 0.1) is 5.92 Å². The van der Waals surface area contributed by atoms with Gasteiger partial charge >= 0.3 is 0 Å². The number of carbonyl (C=O) groups excluding carboxylic acids is 1. The molecule has 0 bridgehead atoms. The van der Waals surface area contributed by atoms with E-state index in [0.29, 0.717) is 17.6 Å². The second-order valence-corrected chi connectivity index (χ2v) is 4.64. The molecule has 3 unspecified atom stereocenters. The van der Waals surface area contributed by atoms with Crippen LogP contribution in [0.25, 0.3) is 0 Å². The average Bonchev–Trinajstić information content (AvgIpc) is 2.54. The van der Waals surface area contributed by atoms with Crippen molar-refractivity contribution in [2.24, 2.45) is 17.8 Å². The number of hydrogen-bond acceptors (Lipinski definition) is 1. The van der Waals surface area contributed by atoms with E-state index in [1.165, 1.54) is 5.57 Å². The Bertz CT molecular complexity index is 434. The van der Waals surface area contributed by atoms with Crippen molar-refractivity contribution in [1.82, 2.24) is 0 Å². The molecule has 3 aliphatic rings. The number of allylic oxidation sites excluding steroid dienone is 8. The molecule has 0 saturated heterocycles. The maximum atomic E-state index is 12.1. The predicted molar refractivity (Wildman–Crippen MR) is 60.2 cm³/mol. The summed E-state index contributed by atoms with van der Waals surface area (Å²) in [6.07, 6.45) is 13.7. The van der Waals surface area contributed by atoms with Gasteiger partial charge < -0.3 is 0 Å². The molecule has 1 nitrogen and oxygen atoms in total. The van der Waals surface area contributed by atoms with E-state index in [-0.39, 0.29) is 5.92 Å². The van der Waals surface area contributed by atoms with Gasteiger partial charge in [0.1, 0.15) is 0 Å². The summed E-state index contributed by atoms with van der Waals surface area (Å²) in [5, 5.41) is 0. The highest BCUT2D eigenvalue weighted by Crippen LogP contribution is 2.44. The molecule has 0 amide bonds. The van der Waals surface area contributed by atoms with Crippen LogP contribution in [0.15, 0.2) is 47.6 Å². The highest BCUT2D eigenvalue weighted by Gasteiger charge is 2.41. The minimum atomic E-state index is 0.0813. The summed E-state index contributed by atoms with van der Waals surface area (Å²) in [6, 6.07) is 0. The smallest absolute Gasteiger partial charge is 0.170 e. The van der Waals surface area contributed by atoms with Gasteiger partial charge in [-0.1, -0.05) is 43.4 Å². The van der Waals surface area contributed by atoms with Crippen LogP contribution in [-0.2, 0) is 4.79 Å². The van der Waals surface area contributed by atoms with E-state index in [9.17, 15) is 4.79 Å². The van der Waals surface area contributed by atoms with Crippen molar-refractivity contribution in [3.05, 3.63) is 47.6 Å². The Morgan fingerprint density at radius 2 is 1.93 bits per heavy atom. The molecule has 0 heterocycles. The van der Waals surface area contributed by atoms with Crippen molar-refractivity contribution < 1.29 is 4.79 Å². The van der Waals surface area contributed by atoms with Gasteiger partial charge in [-0.15, -0.1) is 0 Å². The second kappa shape index (κ2) is 3.06. The summed E-state index contributed by atoms with van der Waals surface area (Å²) in [4.78, 5) is 12.1. The first-order chi connectivity index (χ1) is 7.27. The molecule has 0 N–H and O–H groups in total. The lowest BCUT2D eigenvalue weighted by Gasteiger charge is -2.17. The quantitative estimate of drug-likeness (QED) is 0.585. The first-order valence-electron chi connectivity index (χ1n) is 5.59. The Kier molecular flexibility index (Phi) is 1.82. The number of carbonyl (C=O) groups is 1. The van der Waals surface area contributed by atoms with E-state index in [1.54, 1.807) is 0 Å². The summed E-state index contributed by atoms with van der Waals surface area (Å²) in [6.45, 7) is 2.21. The molecule has 3 rings (SSSR count). The third-order valence-electron chi connectivity index (χ3n) is 3.53. The predicted octanol–water partition coefficient (Wildman–Crippen LogP) is 2.82. The van der Waals surface area contributed by atoms with Crippen molar-refractivity contribution in [2.75, 3.05) is 0 Å². The fourth-order valence-corrected chi connectivity index (χ4v) is 2.75. The summed E-state index contributed by atoms with van der Waals surface area (Å²) < 4.78 is 0. The van der Waals surface area contributed by atoms with Crippen LogP contribution < -0.4 is 0 Å². The number of Topliss-reactive ketones (excluding diaryl/α,β-unsaturated/α-hetero) is 1. The zero-order valence-corrected chi connectivity index (χ0v) is 8.81. The van der Waals surface area contributed by atoms with Gasteiger partial charge in [-0.3, -0.25) is 4.79 Å². The molecule has 0 radical (unpaired) electrons. The summed E-state index contributed by atoms with van der Waals surface area (Å²) in [5.41, 5.74) is 2.25. The van der Waals surface area contributed by atoms with Crippen LogP contribution in [0, 0.1) is 17.8 Å². The normalized spacial score (nSPS) is 37.1. The van der Waals surface area contributed by atoms with Crippen molar-refractivity contribution in [3.63, 3.8) is 0 Å². The minimum absolute atomic E-state index is 0.0813. The summed E-state index contributed by atoms with van der Waals surface area (Å²) in [7, 11) is 0. The highest BCUT2D eigenvalue weighted by molar-refractivity contribution is 6.07. The van der Waals surface area contributed by atoms with Crippen molar-refractivity contribution in [3.8, 4) is 0 Å². The average molecular weight is 198 g/mol. The third kappa shape index (κ3) is 1.19. The first-order valence-corrected chi connectivity index (χ1v) is 5.59. The molecule has 15 heavy (non-hydrogen) atoms. The van der Waals surface area contributed by atoms with E-state index < -0.39 is 0 Å². The van der Waals surface area contributed by atoms with Gasteiger partial charge in [0.15, 0.2) is 5.78 Å². The molecule has 0 aliphatic heterocycles. The molecule has 1 saturated carbocycles. The Morgan fingerprint density at radius 1 is 1.20 bits per heavy atom. The van der Waals surface area contributed by atoms with Crippen molar-refractivity contribution in [2.45, 2.75) is 13.3 Å². The van der Waals surface area contributed by atoms with Crippen LogP contribution >= 0.6 is 0 Å². The number of hydrogen-bond donors (Lipinski definition) is 0. The zero-order chi connectivity index (χ0) is 10.4. The van der Waals surface area contributed by atoms with Gasteiger partial charge in [-0.25, -0.2) is 0 Å². The lowest BCUT2D eigenvalue weighted by atomic mass is 9.86. The molecule has 1 heteroatoms. The second-order valence-electron chi connectivity index (χ2n) is 4.64. The van der Waals surface area contributed by atoms with E-state index in [4.69, 9.17) is 0 Å². The number of fused-ring (bicyclic) bond motifs is 3. The Balaban J connectivity index is 2.10. The van der Waals surface area contributed by atoms with Gasteiger partial charge in [0, 0.05) is 11.5 Å². The largest absolute Gasteiger partial charge is 0.293 e. The molecular weight excluding hydrogens is 184 g/mol. The van der Waals surface area contributed by atoms with Gasteiger partial charge in [0.2, 0.25) is 0 Å². The monoisotopic (exact) mass is 198 g/mol. The molecular formula is C14H14O. The lowest BCUT2D eigenvalue weighted by Crippen LogP contribution is -2.12. The van der Waals surface area contributed by atoms with E-state index in [0.717, 1.165) is 12.0 Å². The van der Waals surface area contributed by atoms with Crippen LogP contribution in [0.5, 0.6) is 0 Å². The van der Waals surface area contributed by atoms with Crippen molar-refractivity contribution >= 4 is 5.78 Å². The van der Waals surface area contributed by atoms with Gasteiger partial charge in [-0.2, -0.15) is 0 Å². The maximum Gasteiger partial charge on any atom is 0.170 e. The van der Waals surface area contributed by atoms with Crippen LogP contribution in [0.2, 0.25) is 0 Å². The number of ketones is 1. The SMILES string of the molecule is CC1C=C2C(=CC1)C(=O)C1C=CC=CC21. The molecule has 0 spiro atoms. The van der Waals surface area contributed by atoms with Gasteiger partial charge in [0.25, 0.3) is 0 Å². The van der Waals surface area contributed by atoms with Crippen LogP contribution in [-0.4, -0.2) is 5.78 Å². The van der Waals surface area contributed by atoms with E-state index in [1.807, 2.05) is 12.2 Å². The highest BCUT2D eigenvalue weighted by atomic mass is 16.1. The molecule has 1 fully saturated rings. The fraction of sp³-hybridized carbons (Fsp3) is 0.357. The fourth-order valence-electron chi connectivity index (χ4n) is 2.75. The van der Waals surface area contributed by atoms with Crippen LogP contribution in [0.1, 0.15) is 13.3 Å². The Morgan fingerprint density at radius 3 is 2.73 bits per heavy atom. The zero-order valence-electron chi connectivity index (χ0n) is 8.81. The lowest BCUT2D eigenvalue weighted by molar-refractivity contribution is -0.117. The molecule has 0 aromatic rings. The Hall–Kier alpha value is -1.37. The van der Waals surface area contributed by atoms with Crippen molar-refractivity contribution in [1.29, 1.82) is 0 Å². The van der Waals surface area contributed by atoms with E-state index in [2.05, 4.69) is 31.2 Å². The summed E-state index contributed by atoms with van der Waals surface area (Å²) in [5.74, 6) is 1.29. The minimum Gasteiger partial charge on any atom is -0.293 e. The molecule has 3 atom stereocenters. The van der Waals surface area contributed by atoms with Crippen LogP contribution in [0.4, 0.5) is 0 Å². The molecule has 76 valence electrons. The number of rotatable bonds is 0. The summed E-state index contributed by atoms with van der Waals surface area (Å²) >= 11 is 0. The first kappa shape index (κ1) is 8.90. The molecule has 3 aliphatic carbocycles. The standard InChI is InChI=1S/C14H14O/c1-9-6-7-12-13(8-9)10-4-2-3-5-11(10)14(12)15/h2-5,7-11H,6H2,1H3. The molecule has 0 aromatic carbocycles. The topological polar surface area (TPSA) is 17.1 Å². The van der Waals surface area contributed by atoms with Crippen LogP contribution in [0.3, 0.4) is 0 Å². The van der Waals surface area contributed by atoms with E-state index >= 15 is 0 Å². The third-order valence-corrected chi connectivity index (χ3v) is 3.53. The maximum absolute atomic E-state index is 12.1. The molecule has 0 aromatic heterocycles.